The van der Waals surface area contributed by atoms with Gasteiger partial charge < -0.3 is 14.8 Å². The summed E-state index contributed by atoms with van der Waals surface area (Å²) in [6.45, 7) is 1.66. The minimum absolute atomic E-state index is 0.236. The van der Waals surface area contributed by atoms with Gasteiger partial charge in [-0.1, -0.05) is 12.1 Å². The van der Waals surface area contributed by atoms with Crippen LogP contribution in [0.2, 0.25) is 0 Å². The Labute approximate surface area is 148 Å². The average Bonchev–Trinajstić information content (AvgIpc) is 3.02. The molecular weight excluding hydrogens is 340 g/mol. The van der Waals surface area contributed by atoms with Crippen molar-refractivity contribution in [1.82, 2.24) is 4.98 Å². The molecule has 0 fully saturated rings. The Morgan fingerprint density at radius 2 is 2.00 bits per heavy atom. The molecule has 0 atom stereocenters. The van der Waals surface area contributed by atoms with E-state index in [0.29, 0.717) is 18.0 Å². The fourth-order valence-corrected chi connectivity index (χ4v) is 3.20. The Balaban J connectivity index is 1.79. The fraction of sp³-hybridized carbons (Fsp3) is 0.167. The van der Waals surface area contributed by atoms with E-state index in [9.17, 15) is 9.59 Å². The van der Waals surface area contributed by atoms with Crippen molar-refractivity contribution in [2.75, 3.05) is 12.4 Å². The first-order valence-corrected chi connectivity index (χ1v) is 8.35. The largest absolute Gasteiger partial charge is 0.486 e. The molecule has 1 heterocycles. The molecule has 0 aliphatic rings. The van der Waals surface area contributed by atoms with Crippen LogP contribution in [0.25, 0.3) is 10.2 Å². The first-order chi connectivity index (χ1) is 12.1. The van der Waals surface area contributed by atoms with Gasteiger partial charge in [-0.05, 0) is 30.3 Å². The SMILES string of the molecule is COC(=O)c1cc(OCc2nc3ccccc3s2)ccc1NC(C)=O. The topological polar surface area (TPSA) is 77.5 Å². The van der Waals surface area contributed by atoms with Crippen LogP contribution in [0.1, 0.15) is 22.3 Å². The van der Waals surface area contributed by atoms with Gasteiger partial charge in [0.2, 0.25) is 5.91 Å². The number of amides is 1. The number of carbonyl (C=O) groups excluding carboxylic acids is 2. The summed E-state index contributed by atoms with van der Waals surface area (Å²) in [5.74, 6) is -0.323. The number of nitrogens with one attached hydrogen (secondary N) is 1. The lowest BCUT2D eigenvalue weighted by molar-refractivity contribution is -0.114. The molecule has 0 saturated carbocycles. The zero-order valence-corrected chi connectivity index (χ0v) is 14.6. The van der Waals surface area contributed by atoms with E-state index in [2.05, 4.69) is 10.3 Å². The minimum Gasteiger partial charge on any atom is -0.486 e. The van der Waals surface area contributed by atoms with Crippen LogP contribution in [0.3, 0.4) is 0 Å². The number of nitrogens with zero attached hydrogens (tertiary/aromatic N) is 1. The van der Waals surface area contributed by atoms with Crippen molar-refractivity contribution in [3.8, 4) is 5.75 Å². The Kier molecular flexibility index (Phi) is 4.95. The highest BCUT2D eigenvalue weighted by atomic mass is 32.1. The highest BCUT2D eigenvalue weighted by molar-refractivity contribution is 7.18. The number of benzene rings is 2. The molecule has 0 bridgehead atoms. The molecule has 128 valence electrons. The van der Waals surface area contributed by atoms with Crippen molar-refractivity contribution >= 4 is 39.1 Å². The molecule has 6 nitrogen and oxygen atoms in total. The van der Waals surface area contributed by atoms with Crippen molar-refractivity contribution in [3.63, 3.8) is 0 Å². The van der Waals surface area contributed by atoms with E-state index in [4.69, 9.17) is 9.47 Å². The molecule has 0 radical (unpaired) electrons. The van der Waals surface area contributed by atoms with Crippen LogP contribution in [-0.4, -0.2) is 24.0 Å². The summed E-state index contributed by atoms with van der Waals surface area (Å²) >= 11 is 1.56. The third kappa shape index (κ3) is 3.95. The number of ether oxygens (including phenoxy) is 2. The number of rotatable bonds is 5. The predicted octanol–water partition coefficient (Wildman–Crippen LogP) is 3.62. The highest BCUT2D eigenvalue weighted by Crippen LogP contribution is 2.26. The molecule has 3 aromatic rings. The summed E-state index contributed by atoms with van der Waals surface area (Å²) in [6.07, 6.45) is 0. The Bertz CT molecular complexity index is 903. The van der Waals surface area contributed by atoms with E-state index in [1.807, 2.05) is 24.3 Å². The number of anilines is 1. The van der Waals surface area contributed by atoms with Crippen molar-refractivity contribution in [1.29, 1.82) is 0 Å². The van der Waals surface area contributed by atoms with Gasteiger partial charge in [-0.25, -0.2) is 9.78 Å². The van der Waals surface area contributed by atoms with Gasteiger partial charge in [0.25, 0.3) is 0 Å². The highest BCUT2D eigenvalue weighted by Gasteiger charge is 2.15. The molecule has 0 unspecified atom stereocenters. The van der Waals surface area contributed by atoms with Crippen LogP contribution in [-0.2, 0) is 16.1 Å². The number of thiazole rings is 1. The molecule has 0 spiro atoms. The average molecular weight is 356 g/mol. The number of hydrogen-bond acceptors (Lipinski definition) is 6. The van der Waals surface area contributed by atoms with Crippen molar-refractivity contribution in [2.24, 2.45) is 0 Å². The van der Waals surface area contributed by atoms with Crippen LogP contribution in [0.5, 0.6) is 5.75 Å². The monoisotopic (exact) mass is 356 g/mol. The second-order valence-electron chi connectivity index (χ2n) is 5.24. The normalized spacial score (nSPS) is 10.5. The zero-order chi connectivity index (χ0) is 17.8. The maximum absolute atomic E-state index is 11.9. The Morgan fingerprint density at radius 3 is 2.72 bits per heavy atom. The van der Waals surface area contributed by atoms with Gasteiger partial charge in [0.15, 0.2) is 0 Å². The second-order valence-corrected chi connectivity index (χ2v) is 6.36. The second kappa shape index (κ2) is 7.31. The predicted molar refractivity (Wildman–Crippen MR) is 96.0 cm³/mol. The smallest absolute Gasteiger partial charge is 0.340 e. The molecular formula is C18H16N2O4S. The number of methoxy groups -OCH3 is 1. The number of fused-ring (bicyclic) bond motifs is 1. The first kappa shape index (κ1) is 16.9. The molecule has 3 rings (SSSR count). The van der Waals surface area contributed by atoms with Crippen LogP contribution in [0, 0.1) is 0 Å². The summed E-state index contributed by atoms with van der Waals surface area (Å²) in [6, 6.07) is 12.7. The van der Waals surface area contributed by atoms with Gasteiger partial charge in [0.05, 0.1) is 28.6 Å². The van der Waals surface area contributed by atoms with Crippen LogP contribution >= 0.6 is 11.3 Å². The molecule has 7 heteroatoms. The molecule has 0 saturated heterocycles. The summed E-state index contributed by atoms with van der Waals surface area (Å²) in [4.78, 5) is 27.7. The van der Waals surface area contributed by atoms with Crippen LogP contribution in [0.4, 0.5) is 5.69 Å². The standard InChI is InChI=1S/C18H16N2O4S/c1-11(21)19-14-8-7-12(9-13(14)18(22)23-2)24-10-17-20-15-5-3-4-6-16(15)25-17/h3-9H,10H2,1-2H3,(H,19,21). The van der Waals surface area contributed by atoms with Crippen molar-refractivity contribution in [2.45, 2.75) is 13.5 Å². The van der Waals surface area contributed by atoms with E-state index in [1.54, 1.807) is 29.5 Å². The third-order valence-corrected chi connectivity index (χ3v) is 4.42. The van der Waals surface area contributed by atoms with E-state index in [1.165, 1.54) is 14.0 Å². The maximum atomic E-state index is 11.9. The van der Waals surface area contributed by atoms with Crippen molar-refractivity contribution < 1.29 is 19.1 Å². The minimum atomic E-state index is -0.547. The van der Waals surface area contributed by atoms with Crippen LogP contribution in [0.15, 0.2) is 42.5 Å². The molecule has 1 N–H and O–H groups in total. The van der Waals surface area contributed by atoms with E-state index < -0.39 is 5.97 Å². The number of carbonyl (C=O) groups is 2. The number of para-hydroxylation sites is 1. The molecule has 0 aliphatic heterocycles. The number of hydrogen-bond donors (Lipinski definition) is 1. The number of aromatic nitrogens is 1. The lowest BCUT2D eigenvalue weighted by atomic mass is 10.1. The molecule has 25 heavy (non-hydrogen) atoms. The Morgan fingerprint density at radius 1 is 1.20 bits per heavy atom. The van der Waals surface area contributed by atoms with E-state index >= 15 is 0 Å². The third-order valence-electron chi connectivity index (χ3n) is 3.41. The summed E-state index contributed by atoms with van der Waals surface area (Å²) in [5, 5.41) is 3.44. The Hall–Kier alpha value is -2.93. The molecule has 1 amide bonds. The van der Waals surface area contributed by atoms with Gasteiger partial charge in [0.1, 0.15) is 17.4 Å². The molecule has 1 aromatic heterocycles. The summed E-state index contributed by atoms with van der Waals surface area (Å²) < 4.78 is 11.6. The van der Waals surface area contributed by atoms with Gasteiger partial charge >= 0.3 is 5.97 Å². The van der Waals surface area contributed by atoms with E-state index in [-0.39, 0.29) is 11.5 Å². The number of esters is 1. The molecule has 2 aromatic carbocycles. The van der Waals surface area contributed by atoms with Crippen molar-refractivity contribution in [3.05, 3.63) is 53.0 Å². The zero-order valence-electron chi connectivity index (χ0n) is 13.7. The quantitative estimate of drug-likeness (QED) is 0.707. The lowest BCUT2D eigenvalue weighted by Gasteiger charge is -2.11. The van der Waals surface area contributed by atoms with Gasteiger partial charge in [-0.3, -0.25) is 4.79 Å². The summed E-state index contributed by atoms with van der Waals surface area (Å²) in [7, 11) is 1.29. The van der Waals surface area contributed by atoms with Gasteiger partial charge in [-0.2, -0.15) is 0 Å². The lowest BCUT2D eigenvalue weighted by Crippen LogP contribution is -2.12. The fourth-order valence-electron chi connectivity index (χ4n) is 2.32. The summed E-state index contributed by atoms with van der Waals surface area (Å²) in [5.41, 5.74) is 1.55. The van der Waals surface area contributed by atoms with Crippen LogP contribution < -0.4 is 10.1 Å². The molecule has 0 aliphatic carbocycles. The maximum Gasteiger partial charge on any atom is 0.340 e. The van der Waals surface area contributed by atoms with E-state index in [0.717, 1.165) is 15.2 Å². The van der Waals surface area contributed by atoms with Gasteiger partial charge in [0, 0.05) is 6.92 Å². The first-order valence-electron chi connectivity index (χ1n) is 7.54. The van der Waals surface area contributed by atoms with Gasteiger partial charge in [-0.15, -0.1) is 11.3 Å².